The topological polar surface area (TPSA) is 51.5 Å². The van der Waals surface area contributed by atoms with Crippen molar-refractivity contribution in [2.45, 2.75) is 6.92 Å². The Kier molecular flexibility index (Phi) is 2.56. The van der Waals surface area contributed by atoms with E-state index in [0.717, 1.165) is 5.69 Å². The molecular weight excluding hydrogens is 156 g/mol. The Morgan fingerprint density at radius 2 is 2.33 bits per heavy atom. The minimum absolute atomic E-state index is 0.448. The summed E-state index contributed by atoms with van der Waals surface area (Å²) in [6.45, 7) is 1.80. The highest BCUT2D eigenvalue weighted by atomic mass is 16.5. The summed E-state index contributed by atoms with van der Waals surface area (Å²) in [7, 11) is 1.51. The third-order valence-corrected chi connectivity index (χ3v) is 1.30. The van der Waals surface area contributed by atoms with Gasteiger partial charge >= 0.3 is 0 Å². The minimum Gasteiger partial charge on any atom is -0.481 e. The second kappa shape index (κ2) is 3.64. The van der Waals surface area contributed by atoms with Gasteiger partial charge in [-0.15, -0.1) is 0 Å². The van der Waals surface area contributed by atoms with E-state index in [4.69, 9.17) is 4.74 Å². The first-order valence-corrected chi connectivity index (χ1v) is 3.37. The molecule has 0 radical (unpaired) electrons. The summed E-state index contributed by atoms with van der Waals surface area (Å²) in [5.41, 5.74) is 1.26. The van der Waals surface area contributed by atoms with E-state index in [-0.39, 0.29) is 0 Å². The van der Waals surface area contributed by atoms with Gasteiger partial charge in [0.2, 0.25) is 12.0 Å². The second-order valence-corrected chi connectivity index (χ2v) is 2.21. The number of methoxy groups -OCH3 is 1. The molecule has 0 saturated heterocycles. The number of pyridine rings is 1. The summed E-state index contributed by atoms with van der Waals surface area (Å²) in [5.74, 6) is 0.448. The summed E-state index contributed by atoms with van der Waals surface area (Å²) in [6, 6.07) is 3.24. The Bertz CT molecular complexity index is 330. The minimum atomic E-state index is 0.448. The first-order valence-electron chi connectivity index (χ1n) is 3.37. The largest absolute Gasteiger partial charge is 0.481 e. The standard InChI is InChI=1S/C8H8N2O2/c1-6-3-7(9-5-11)4-8(10-6)12-2/h3-4H,1-2H3. The third-order valence-electron chi connectivity index (χ3n) is 1.30. The number of carbonyl (C=O) groups excluding carboxylic acids is 1. The van der Waals surface area contributed by atoms with E-state index in [1.54, 1.807) is 19.1 Å². The molecule has 0 bridgehead atoms. The Balaban J connectivity index is 3.14. The van der Waals surface area contributed by atoms with Gasteiger partial charge in [0.05, 0.1) is 12.8 Å². The van der Waals surface area contributed by atoms with Crippen LogP contribution in [-0.4, -0.2) is 18.2 Å². The SMILES string of the molecule is COc1cc(N=C=O)cc(C)n1. The van der Waals surface area contributed by atoms with Crippen LogP contribution in [0.15, 0.2) is 17.1 Å². The van der Waals surface area contributed by atoms with E-state index in [0.29, 0.717) is 11.6 Å². The molecule has 0 fully saturated rings. The first-order chi connectivity index (χ1) is 5.76. The molecule has 1 aromatic heterocycles. The molecule has 0 N–H and O–H groups in total. The maximum atomic E-state index is 9.93. The van der Waals surface area contributed by atoms with Crippen LogP contribution < -0.4 is 4.74 Å². The predicted molar refractivity (Wildman–Crippen MR) is 43.3 cm³/mol. The van der Waals surface area contributed by atoms with E-state index in [9.17, 15) is 4.79 Å². The normalized spacial score (nSPS) is 8.83. The van der Waals surface area contributed by atoms with Gasteiger partial charge in [0.1, 0.15) is 0 Å². The molecule has 0 spiro atoms. The van der Waals surface area contributed by atoms with Crippen LogP contribution in [0.1, 0.15) is 5.69 Å². The molecule has 0 aliphatic heterocycles. The lowest BCUT2D eigenvalue weighted by Crippen LogP contribution is -1.88. The van der Waals surface area contributed by atoms with Crippen molar-refractivity contribution >= 4 is 11.8 Å². The maximum absolute atomic E-state index is 9.93. The molecule has 1 aromatic rings. The molecule has 0 amide bonds. The number of rotatable bonds is 2. The number of aliphatic imine (C=N–C) groups is 1. The lowest BCUT2D eigenvalue weighted by molar-refractivity contribution is 0.397. The maximum Gasteiger partial charge on any atom is 0.240 e. The van der Waals surface area contributed by atoms with Crippen molar-refractivity contribution in [1.29, 1.82) is 0 Å². The van der Waals surface area contributed by atoms with Gasteiger partial charge in [-0.05, 0) is 13.0 Å². The van der Waals surface area contributed by atoms with Crippen molar-refractivity contribution in [3.8, 4) is 5.88 Å². The van der Waals surface area contributed by atoms with E-state index in [1.807, 2.05) is 0 Å². The van der Waals surface area contributed by atoms with Crippen LogP contribution >= 0.6 is 0 Å². The number of hydrogen-bond acceptors (Lipinski definition) is 4. The van der Waals surface area contributed by atoms with Crippen molar-refractivity contribution in [3.63, 3.8) is 0 Å². The van der Waals surface area contributed by atoms with Gasteiger partial charge in [-0.2, -0.15) is 4.99 Å². The van der Waals surface area contributed by atoms with Crippen LogP contribution in [0.25, 0.3) is 0 Å². The van der Waals surface area contributed by atoms with E-state index < -0.39 is 0 Å². The van der Waals surface area contributed by atoms with Gasteiger partial charge in [-0.25, -0.2) is 9.78 Å². The number of aryl methyl sites for hydroxylation is 1. The molecule has 1 rings (SSSR count). The zero-order valence-electron chi connectivity index (χ0n) is 6.87. The van der Waals surface area contributed by atoms with Gasteiger partial charge < -0.3 is 4.74 Å². The highest BCUT2D eigenvalue weighted by Crippen LogP contribution is 2.18. The average Bonchev–Trinajstić information content (AvgIpc) is 2.04. The van der Waals surface area contributed by atoms with Crippen LogP contribution in [0, 0.1) is 6.92 Å². The molecule has 1 heterocycles. The molecule has 0 aromatic carbocycles. The fraction of sp³-hybridized carbons (Fsp3) is 0.250. The summed E-state index contributed by atoms with van der Waals surface area (Å²) < 4.78 is 4.88. The number of aromatic nitrogens is 1. The van der Waals surface area contributed by atoms with Crippen LogP contribution in [-0.2, 0) is 4.79 Å². The predicted octanol–water partition coefficient (Wildman–Crippen LogP) is 1.37. The summed E-state index contributed by atoms with van der Waals surface area (Å²) in [4.78, 5) is 17.4. The Morgan fingerprint density at radius 3 is 2.92 bits per heavy atom. The number of ether oxygens (including phenoxy) is 1. The van der Waals surface area contributed by atoms with Gasteiger partial charge in [-0.3, -0.25) is 0 Å². The van der Waals surface area contributed by atoms with Gasteiger partial charge in [0.15, 0.2) is 0 Å². The highest BCUT2D eigenvalue weighted by Gasteiger charge is 1.97. The zero-order chi connectivity index (χ0) is 8.97. The zero-order valence-corrected chi connectivity index (χ0v) is 6.87. The Hall–Kier alpha value is -1.67. The molecule has 62 valence electrons. The van der Waals surface area contributed by atoms with Crippen molar-refractivity contribution in [3.05, 3.63) is 17.8 Å². The summed E-state index contributed by atoms with van der Waals surface area (Å²) in [5, 5.41) is 0. The first kappa shape index (κ1) is 8.43. The smallest absolute Gasteiger partial charge is 0.240 e. The summed E-state index contributed by atoms with van der Waals surface area (Å²) >= 11 is 0. The quantitative estimate of drug-likeness (QED) is 0.490. The number of nitrogens with zero attached hydrogens (tertiary/aromatic N) is 2. The molecule has 0 saturated carbocycles. The molecule has 0 atom stereocenters. The molecule has 4 heteroatoms. The second-order valence-electron chi connectivity index (χ2n) is 2.21. The Morgan fingerprint density at radius 1 is 1.58 bits per heavy atom. The van der Waals surface area contributed by atoms with Gasteiger partial charge in [0, 0.05) is 11.8 Å². The van der Waals surface area contributed by atoms with Crippen molar-refractivity contribution < 1.29 is 9.53 Å². The van der Waals surface area contributed by atoms with E-state index >= 15 is 0 Å². The lowest BCUT2D eigenvalue weighted by Gasteiger charge is -1.99. The fourth-order valence-electron chi connectivity index (χ4n) is 0.842. The number of isocyanates is 1. The van der Waals surface area contributed by atoms with Gasteiger partial charge in [-0.1, -0.05) is 0 Å². The van der Waals surface area contributed by atoms with Crippen LogP contribution in [0.5, 0.6) is 5.88 Å². The average molecular weight is 164 g/mol. The number of hydrogen-bond donors (Lipinski definition) is 0. The van der Waals surface area contributed by atoms with Crippen LogP contribution in [0.2, 0.25) is 0 Å². The van der Waals surface area contributed by atoms with Crippen molar-refractivity contribution in [2.24, 2.45) is 4.99 Å². The molecule has 0 aliphatic carbocycles. The van der Waals surface area contributed by atoms with E-state index in [1.165, 1.54) is 13.2 Å². The van der Waals surface area contributed by atoms with Crippen LogP contribution in [0.3, 0.4) is 0 Å². The Labute approximate surface area is 69.9 Å². The highest BCUT2D eigenvalue weighted by molar-refractivity contribution is 5.50. The van der Waals surface area contributed by atoms with Crippen LogP contribution in [0.4, 0.5) is 5.69 Å². The lowest BCUT2D eigenvalue weighted by atomic mass is 10.3. The fourth-order valence-corrected chi connectivity index (χ4v) is 0.842. The molecule has 12 heavy (non-hydrogen) atoms. The van der Waals surface area contributed by atoms with Gasteiger partial charge in [0.25, 0.3) is 0 Å². The summed E-state index contributed by atoms with van der Waals surface area (Å²) in [6.07, 6.45) is 1.45. The van der Waals surface area contributed by atoms with Crippen molar-refractivity contribution in [2.75, 3.05) is 7.11 Å². The molecule has 0 unspecified atom stereocenters. The molecular formula is C8H8N2O2. The molecule has 0 aliphatic rings. The van der Waals surface area contributed by atoms with Crippen molar-refractivity contribution in [1.82, 2.24) is 4.98 Å². The molecule has 4 nitrogen and oxygen atoms in total. The monoisotopic (exact) mass is 164 g/mol. The van der Waals surface area contributed by atoms with E-state index in [2.05, 4.69) is 9.98 Å². The third kappa shape index (κ3) is 1.90.